The van der Waals surface area contributed by atoms with E-state index >= 15 is 0 Å². The lowest BCUT2D eigenvalue weighted by atomic mass is 10.2. The molecule has 104 valence electrons. The first kappa shape index (κ1) is 13.9. The summed E-state index contributed by atoms with van der Waals surface area (Å²) in [6.45, 7) is 4.04. The zero-order valence-corrected chi connectivity index (χ0v) is 11.4. The van der Waals surface area contributed by atoms with Crippen LogP contribution in [0.25, 0.3) is 0 Å². The van der Waals surface area contributed by atoms with E-state index in [2.05, 4.69) is 12.2 Å². The number of hydrogen-bond donors (Lipinski definition) is 1. The van der Waals surface area contributed by atoms with E-state index in [4.69, 9.17) is 9.47 Å². The highest BCUT2D eigenvalue weighted by Gasteiger charge is 2.22. The van der Waals surface area contributed by atoms with Crippen LogP contribution in [0.1, 0.15) is 31.7 Å². The summed E-state index contributed by atoms with van der Waals surface area (Å²) in [6, 6.07) is 7.81. The molecule has 1 N–H and O–H groups in total. The second kappa shape index (κ2) is 7.14. The number of carbonyl (C=O) groups is 1. The zero-order valence-electron chi connectivity index (χ0n) is 11.4. The molecule has 1 aromatic rings. The average molecular weight is 263 g/mol. The molecule has 1 atom stereocenters. The van der Waals surface area contributed by atoms with Crippen LogP contribution in [-0.2, 0) is 16.1 Å². The molecule has 1 aliphatic rings. The summed E-state index contributed by atoms with van der Waals surface area (Å²) in [6.07, 6.45) is 2.54. The Morgan fingerprint density at radius 1 is 1.42 bits per heavy atom. The third-order valence-electron chi connectivity index (χ3n) is 3.09. The van der Waals surface area contributed by atoms with E-state index in [-0.39, 0.29) is 12.0 Å². The normalized spacial score (nSPS) is 18.3. The second-order valence-electron chi connectivity index (χ2n) is 4.71. The van der Waals surface area contributed by atoms with Gasteiger partial charge in [0.1, 0.15) is 11.9 Å². The fraction of sp³-hybridized carbons (Fsp3) is 0.533. The molecule has 4 nitrogen and oxygen atoms in total. The Kier molecular flexibility index (Phi) is 5.21. The number of rotatable bonds is 6. The van der Waals surface area contributed by atoms with Gasteiger partial charge in [-0.15, -0.1) is 0 Å². The van der Waals surface area contributed by atoms with Crippen molar-refractivity contribution in [1.29, 1.82) is 0 Å². The molecular weight excluding hydrogens is 242 g/mol. The molecule has 1 heterocycles. The minimum atomic E-state index is -0.257. The predicted molar refractivity (Wildman–Crippen MR) is 73.0 cm³/mol. The molecule has 0 radical (unpaired) electrons. The topological polar surface area (TPSA) is 47.6 Å². The van der Waals surface area contributed by atoms with Crippen LogP contribution in [0.3, 0.4) is 0 Å². The van der Waals surface area contributed by atoms with Gasteiger partial charge in [0.05, 0.1) is 6.61 Å². The Bertz CT molecular complexity index is 396. The van der Waals surface area contributed by atoms with Crippen molar-refractivity contribution < 1.29 is 14.3 Å². The van der Waals surface area contributed by atoms with Crippen molar-refractivity contribution in [2.45, 2.75) is 38.8 Å². The minimum Gasteiger partial charge on any atom is -0.494 e. The van der Waals surface area contributed by atoms with Crippen LogP contribution in [-0.4, -0.2) is 25.2 Å². The van der Waals surface area contributed by atoms with Gasteiger partial charge in [-0.05, 0) is 37.0 Å². The Balaban J connectivity index is 1.77. The largest absolute Gasteiger partial charge is 0.494 e. The fourth-order valence-corrected chi connectivity index (χ4v) is 2.01. The Morgan fingerprint density at radius 2 is 2.21 bits per heavy atom. The lowest BCUT2D eigenvalue weighted by Gasteiger charge is -2.11. The van der Waals surface area contributed by atoms with E-state index in [9.17, 15) is 4.79 Å². The summed E-state index contributed by atoms with van der Waals surface area (Å²) in [5.41, 5.74) is 1.06. The van der Waals surface area contributed by atoms with E-state index in [1.54, 1.807) is 0 Å². The highest BCUT2D eigenvalue weighted by molar-refractivity contribution is 5.80. The van der Waals surface area contributed by atoms with Gasteiger partial charge >= 0.3 is 0 Å². The van der Waals surface area contributed by atoms with Crippen LogP contribution in [0, 0.1) is 0 Å². The number of nitrogens with one attached hydrogen (secondary N) is 1. The van der Waals surface area contributed by atoms with Gasteiger partial charge in [-0.3, -0.25) is 4.79 Å². The van der Waals surface area contributed by atoms with Gasteiger partial charge in [0.2, 0.25) is 5.91 Å². The lowest BCUT2D eigenvalue weighted by molar-refractivity contribution is -0.130. The van der Waals surface area contributed by atoms with Crippen LogP contribution in [0.5, 0.6) is 5.75 Å². The van der Waals surface area contributed by atoms with Crippen LogP contribution < -0.4 is 10.1 Å². The Labute approximate surface area is 114 Å². The molecule has 0 spiro atoms. The van der Waals surface area contributed by atoms with Crippen LogP contribution in [0.4, 0.5) is 0 Å². The van der Waals surface area contributed by atoms with Gasteiger partial charge < -0.3 is 14.8 Å². The first-order chi connectivity index (χ1) is 9.29. The molecule has 19 heavy (non-hydrogen) atoms. The highest BCUT2D eigenvalue weighted by atomic mass is 16.5. The van der Waals surface area contributed by atoms with E-state index in [0.717, 1.165) is 37.2 Å². The molecule has 0 aliphatic carbocycles. The molecule has 0 saturated carbocycles. The third-order valence-corrected chi connectivity index (χ3v) is 3.09. The summed E-state index contributed by atoms with van der Waals surface area (Å²) in [5.74, 6) is 0.861. The monoisotopic (exact) mass is 263 g/mol. The molecule has 1 saturated heterocycles. The number of carbonyl (C=O) groups excluding carboxylic acids is 1. The van der Waals surface area contributed by atoms with Crippen LogP contribution >= 0.6 is 0 Å². The summed E-state index contributed by atoms with van der Waals surface area (Å²) in [7, 11) is 0. The van der Waals surface area contributed by atoms with Crippen LogP contribution in [0.15, 0.2) is 24.3 Å². The second-order valence-corrected chi connectivity index (χ2v) is 4.71. The van der Waals surface area contributed by atoms with Crippen molar-refractivity contribution in [3.8, 4) is 5.75 Å². The van der Waals surface area contributed by atoms with E-state index in [1.165, 1.54) is 0 Å². The quantitative estimate of drug-likeness (QED) is 0.856. The van der Waals surface area contributed by atoms with Gasteiger partial charge in [0.15, 0.2) is 0 Å². The maximum Gasteiger partial charge on any atom is 0.249 e. The smallest absolute Gasteiger partial charge is 0.249 e. The molecule has 1 unspecified atom stereocenters. The standard InChI is InChI=1S/C15H21NO3/c1-2-9-18-13-7-5-12(6-8-13)11-16-15(17)14-4-3-10-19-14/h5-8,14H,2-4,9-11H2,1H3,(H,16,17). The Morgan fingerprint density at radius 3 is 2.84 bits per heavy atom. The van der Waals surface area contributed by atoms with Crippen molar-refractivity contribution >= 4 is 5.91 Å². The van der Waals surface area contributed by atoms with E-state index < -0.39 is 0 Å². The number of ether oxygens (including phenoxy) is 2. The summed E-state index contributed by atoms with van der Waals surface area (Å²) in [5, 5.41) is 2.90. The summed E-state index contributed by atoms with van der Waals surface area (Å²) in [4.78, 5) is 11.8. The molecule has 0 aromatic heterocycles. The maximum absolute atomic E-state index is 11.8. The maximum atomic E-state index is 11.8. The molecule has 0 bridgehead atoms. The van der Waals surface area contributed by atoms with Gasteiger partial charge in [0.25, 0.3) is 0 Å². The Hall–Kier alpha value is -1.55. The summed E-state index contributed by atoms with van der Waals surface area (Å²) >= 11 is 0. The van der Waals surface area contributed by atoms with Crippen molar-refractivity contribution in [3.63, 3.8) is 0 Å². The molecule has 1 fully saturated rings. The summed E-state index contributed by atoms with van der Waals surface area (Å²) < 4.78 is 10.8. The predicted octanol–water partition coefficient (Wildman–Crippen LogP) is 2.27. The van der Waals surface area contributed by atoms with Crippen molar-refractivity contribution in [1.82, 2.24) is 5.32 Å². The fourth-order valence-electron chi connectivity index (χ4n) is 2.01. The highest BCUT2D eigenvalue weighted by Crippen LogP contribution is 2.14. The van der Waals surface area contributed by atoms with Crippen LogP contribution in [0.2, 0.25) is 0 Å². The van der Waals surface area contributed by atoms with Crippen molar-refractivity contribution in [2.75, 3.05) is 13.2 Å². The average Bonchev–Trinajstić information content (AvgIpc) is 2.98. The SMILES string of the molecule is CCCOc1ccc(CNC(=O)C2CCCO2)cc1. The van der Waals surface area contributed by atoms with Gasteiger partial charge in [-0.1, -0.05) is 19.1 Å². The molecule has 1 aromatic carbocycles. The van der Waals surface area contributed by atoms with Gasteiger partial charge in [-0.2, -0.15) is 0 Å². The molecule has 4 heteroatoms. The number of amides is 1. The zero-order chi connectivity index (χ0) is 13.5. The lowest BCUT2D eigenvalue weighted by Crippen LogP contribution is -2.33. The first-order valence-electron chi connectivity index (χ1n) is 6.90. The van der Waals surface area contributed by atoms with Crippen molar-refractivity contribution in [3.05, 3.63) is 29.8 Å². The molecular formula is C15H21NO3. The molecule has 2 rings (SSSR count). The van der Waals surface area contributed by atoms with Gasteiger partial charge in [0, 0.05) is 13.2 Å². The molecule has 1 aliphatic heterocycles. The van der Waals surface area contributed by atoms with Gasteiger partial charge in [-0.25, -0.2) is 0 Å². The van der Waals surface area contributed by atoms with E-state index in [0.29, 0.717) is 13.2 Å². The molecule has 1 amide bonds. The van der Waals surface area contributed by atoms with Crippen molar-refractivity contribution in [2.24, 2.45) is 0 Å². The number of hydrogen-bond acceptors (Lipinski definition) is 3. The minimum absolute atomic E-state index is 0.0104. The number of benzene rings is 1. The third kappa shape index (κ3) is 4.24. The first-order valence-corrected chi connectivity index (χ1v) is 6.90. The van der Waals surface area contributed by atoms with E-state index in [1.807, 2.05) is 24.3 Å².